The van der Waals surface area contributed by atoms with Crippen LogP contribution in [0.5, 0.6) is 0 Å². The maximum absolute atomic E-state index is 13.2. The minimum atomic E-state index is -4.44. The van der Waals surface area contributed by atoms with Crippen LogP contribution in [0.1, 0.15) is 47.5 Å². The molecule has 0 aromatic rings. The van der Waals surface area contributed by atoms with E-state index >= 15 is 0 Å². The molecule has 6 heteroatoms. The molecule has 0 aromatic carbocycles. The molecule has 0 saturated carbocycles. The highest BCUT2D eigenvalue weighted by molar-refractivity contribution is 7.99. The fourth-order valence-electron chi connectivity index (χ4n) is 1.84. The first-order valence-corrected chi connectivity index (χ1v) is 7.89. The fraction of sp³-hybridized carbons (Fsp3) is 1.00. The standard InChI is InChI=1S/C14H27F3O2S/c1-11(2,3)12(4,18)9-8-10(20-7)13(5,19-6)14(15,16)17/h10,18H,8-9H2,1-7H3. The summed E-state index contributed by atoms with van der Waals surface area (Å²) in [4.78, 5) is 0. The molecule has 1 N–H and O–H groups in total. The van der Waals surface area contributed by atoms with Crippen molar-refractivity contribution in [1.29, 1.82) is 0 Å². The highest BCUT2D eigenvalue weighted by atomic mass is 32.2. The first-order valence-electron chi connectivity index (χ1n) is 6.60. The summed E-state index contributed by atoms with van der Waals surface area (Å²) in [7, 11) is 1.08. The Morgan fingerprint density at radius 3 is 1.80 bits per heavy atom. The molecular weight excluding hydrogens is 289 g/mol. The van der Waals surface area contributed by atoms with Gasteiger partial charge in [0.15, 0.2) is 5.60 Å². The number of alkyl halides is 3. The van der Waals surface area contributed by atoms with Crippen molar-refractivity contribution < 1.29 is 23.0 Å². The van der Waals surface area contributed by atoms with Crippen LogP contribution in [0.3, 0.4) is 0 Å². The van der Waals surface area contributed by atoms with Crippen LogP contribution in [0.15, 0.2) is 0 Å². The summed E-state index contributed by atoms with van der Waals surface area (Å²) in [5.74, 6) is 0. The van der Waals surface area contributed by atoms with Crippen molar-refractivity contribution in [2.24, 2.45) is 5.41 Å². The molecule has 0 aliphatic carbocycles. The van der Waals surface area contributed by atoms with Crippen molar-refractivity contribution in [1.82, 2.24) is 0 Å². The summed E-state index contributed by atoms with van der Waals surface area (Å²) in [6.45, 7) is 8.36. The smallest absolute Gasteiger partial charge is 0.390 e. The predicted molar refractivity (Wildman–Crippen MR) is 78.1 cm³/mol. The average Bonchev–Trinajstić information content (AvgIpc) is 2.26. The second-order valence-electron chi connectivity index (χ2n) is 6.60. The number of methoxy groups -OCH3 is 1. The number of thioether (sulfide) groups is 1. The second-order valence-corrected chi connectivity index (χ2v) is 7.64. The van der Waals surface area contributed by atoms with Crippen molar-refractivity contribution >= 4 is 11.8 Å². The summed E-state index contributed by atoms with van der Waals surface area (Å²) in [5.41, 5.74) is -3.63. The van der Waals surface area contributed by atoms with Gasteiger partial charge in [-0.1, -0.05) is 20.8 Å². The Morgan fingerprint density at radius 2 is 1.55 bits per heavy atom. The van der Waals surface area contributed by atoms with Gasteiger partial charge in [-0.25, -0.2) is 0 Å². The molecular formula is C14H27F3O2S. The molecule has 0 aliphatic heterocycles. The van der Waals surface area contributed by atoms with Crippen LogP contribution in [-0.4, -0.2) is 41.1 Å². The molecule has 0 bridgehead atoms. The number of ether oxygens (including phenoxy) is 1. The molecule has 0 amide bonds. The van der Waals surface area contributed by atoms with E-state index in [0.717, 1.165) is 25.8 Å². The minimum absolute atomic E-state index is 0.231. The summed E-state index contributed by atoms with van der Waals surface area (Å²) >= 11 is 1.12. The lowest BCUT2D eigenvalue weighted by atomic mass is 9.74. The van der Waals surface area contributed by atoms with Gasteiger partial charge in [0.25, 0.3) is 0 Å². The monoisotopic (exact) mass is 316 g/mol. The van der Waals surface area contributed by atoms with Crippen LogP contribution in [-0.2, 0) is 4.74 Å². The van der Waals surface area contributed by atoms with Crippen LogP contribution in [0, 0.1) is 5.41 Å². The van der Waals surface area contributed by atoms with E-state index in [-0.39, 0.29) is 12.8 Å². The van der Waals surface area contributed by atoms with E-state index in [4.69, 9.17) is 4.74 Å². The Balaban J connectivity index is 5.06. The van der Waals surface area contributed by atoms with Crippen LogP contribution in [0.4, 0.5) is 13.2 Å². The Hall–Kier alpha value is 0.0600. The summed E-state index contributed by atoms with van der Waals surface area (Å²) in [6, 6.07) is 0. The van der Waals surface area contributed by atoms with Gasteiger partial charge in [0.1, 0.15) is 0 Å². The van der Waals surface area contributed by atoms with Gasteiger partial charge in [-0.15, -0.1) is 0 Å². The lowest BCUT2D eigenvalue weighted by Crippen LogP contribution is -2.53. The Labute approximate surface area is 124 Å². The van der Waals surface area contributed by atoms with E-state index in [2.05, 4.69) is 0 Å². The molecule has 3 atom stereocenters. The number of hydrogen-bond acceptors (Lipinski definition) is 3. The van der Waals surface area contributed by atoms with Crippen molar-refractivity contribution in [3.8, 4) is 0 Å². The molecule has 0 spiro atoms. The molecule has 0 aromatic heterocycles. The molecule has 20 heavy (non-hydrogen) atoms. The van der Waals surface area contributed by atoms with Crippen LogP contribution in [0.25, 0.3) is 0 Å². The molecule has 3 unspecified atom stereocenters. The largest absolute Gasteiger partial charge is 0.418 e. The maximum Gasteiger partial charge on any atom is 0.418 e. The third-order valence-corrected chi connectivity index (χ3v) is 5.65. The molecule has 2 nitrogen and oxygen atoms in total. The Morgan fingerprint density at radius 1 is 1.10 bits per heavy atom. The van der Waals surface area contributed by atoms with E-state index in [0.29, 0.717) is 0 Å². The first kappa shape index (κ1) is 20.1. The van der Waals surface area contributed by atoms with Gasteiger partial charge in [-0.3, -0.25) is 0 Å². The molecule has 122 valence electrons. The van der Waals surface area contributed by atoms with Gasteiger partial charge in [0.05, 0.1) is 5.60 Å². The number of aliphatic hydroxyl groups is 1. The van der Waals surface area contributed by atoms with Crippen molar-refractivity contribution in [3.63, 3.8) is 0 Å². The lowest BCUT2D eigenvalue weighted by Gasteiger charge is -2.41. The SMILES string of the molecule is COC(C)(C(CCC(C)(O)C(C)(C)C)SC)C(F)(F)F. The Kier molecular flexibility index (Phi) is 6.46. The van der Waals surface area contributed by atoms with E-state index in [9.17, 15) is 18.3 Å². The van der Waals surface area contributed by atoms with Gasteiger partial charge in [0.2, 0.25) is 0 Å². The van der Waals surface area contributed by atoms with Crippen LogP contribution >= 0.6 is 11.8 Å². The average molecular weight is 316 g/mol. The van der Waals surface area contributed by atoms with Crippen molar-refractivity contribution in [2.45, 2.75) is 70.1 Å². The molecule has 0 fully saturated rings. The Bertz CT molecular complexity index is 311. The van der Waals surface area contributed by atoms with Gasteiger partial charge < -0.3 is 9.84 Å². The highest BCUT2D eigenvalue weighted by Gasteiger charge is 2.56. The third-order valence-electron chi connectivity index (χ3n) is 4.39. The third kappa shape index (κ3) is 4.28. The highest BCUT2D eigenvalue weighted by Crippen LogP contribution is 2.43. The summed E-state index contributed by atoms with van der Waals surface area (Å²) in [5, 5.41) is 9.64. The van der Waals surface area contributed by atoms with Crippen molar-refractivity contribution in [3.05, 3.63) is 0 Å². The lowest BCUT2D eigenvalue weighted by molar-refractivity contribution is -0.263. The fourth-order valence-corrected chi connectivity index (χ4v) is 2.87. The molecule has 0 radical (unpaired) electrons. The van der Waals surface area contributed by atoms with Crippen LogP contribution < -0.4 is 0 Å². The van der Waals surface area contributed by atoms with Gasteiger partial charge >= 0.3 is 6.18 Å². The summed E-state index contributed by atoms with van der Waals surface area (Å²) < 4.78 is 44.4. The van der Waals surface area contributed by atoms with E-state index in [1.54, 1.807) is 13.2 Å². The zero-order valence-corrected chi connectivity index (χ0v) is 14.2. The van der Waals surface area contributed by atoms with Crippen LogP contribution in [0.2, 0.25) is 0 Å². The van der Waals surface area contributed by atoms with Crippen molar-refractivity contribution in [2.75, 3.05) is 13.4 Å². The zero-order chi connectivity index (χ0) is 16.4. The molecule has 0 rings (SSSR count). The van der Waals surface area contributed by atoms with E-state index in [1.807, 2.05) is 20.8 Å². The molecule has 0 saturated heterocycles. The first-order chi connectivity index (χ1) is 8.73. The predicted octanol–water partition coefficient (Wildman–Crippen LogP) is 4.26. The maximum atomic E-state index is 13.2. The number of hydrogen-bond donors (Lipinski definition) is 1. The topological polar surface area (TPSA) is 29.5 Å². The second kappa shape index (κ2) is 6.44. The molecule has 0 aliphatic rings. The van der Waals surface area contributed by atoms with E-state index in [1.165, 1.54) is 0 Å². The summed E-state index contributed by atoms with van der Waals surface area (Å²) in [6.07, 6.45) is -2.28. The number of halogens is 3. The minimum Gasteiger partial charge on any atom is -0.390 e. The zero-order valence-electron chi connectivity index (χ0n) is 13.4. The van der Waals surface area contributed by atoms with Gasteiger partial charge in [-0.2, -0.15) is 24.9 Å². The van der Waals surface area contributed by atoms with Gasteiger partial charge in [0, 0.05) is 12.4 Å². The molecule has 0 heterocycles. The van der Waals surface area contributed by atoms with Gasteiger partial charge in [-0.05, 0) is 38.4 Å². The normalized spacial score (nSPS) is 21.1. The van der Waals surface area contributed by atoms with E-state index < -0.39 is 28.0 Å². The number of rotatable bonds is 6. The quantitative estimate of drug-likeness (QED) is 0.794.